The molecule has 0 unspecified atom stereocenters. The second kappa shape index (κ2) is 4.83. The summed E-state index contributed by atoms with van der Waals surface area (Å²) in [6.07, 6.45) is 8.76. The number of Topliss-reactive ketones (excluding diaryl/α,β-unsaturated/α-hetero) is 1. The van der Waals surface area contributed by atoms with Crippen molar-refractivity contribution in [3.63, 3.8) is 0 Å². The van der Waals surface area contributed by atoms with Gasteiger partial charge in [0.2, 0.25) is 0 Å². The number of carbonyl (C=O) groups is 1. The zero-order chi connectivity index (χ0) is 11.4. The van der Waals surface area contributed by atoms with Gasteiger partial charge < -0.3 is 9.15 Å². The molecular weight excluding hydrogens is 204 g/mol. The topological polar surface area (TPSA) is 39.4 Å². The first kappa shape index (κ1) is 11.4. The molecule has 0 atom stereocenters. The van der Waals surface area contributed by atoms with Crippen molar-refractivity contribution < 1.29 is 13.9 Å². The number of ether oxygens (including phenoxy) is 1. The number of ketones is 1. The fourth-order valence-corrected chi connectivity index (χ4v) is 2.46. The van der Waals surface area contributed by atoms with Gasteiger partial charge in [0.05, 0.1) is 12.5 Å². The lowest BCUT2D eigenvalue weighted by molar-refractivity contribution is -0.144. The Bertz CT molecular complexity index is 334. The predicted molar refractivity (Wildman–Crippen MR) is 60.2 cm³/mol. The molecule has 16 heavy (non-hydrogen) atoms. The normalized spacial score (nSPS) is 19.6. The van der Waals surface area contributed by atoms with E-state index in [9.17, 15) is 4.79 Å². The van der Waals surface area contributed by atoms with Gasteiger partial charge in [-0.1, -0.05) is 19.3 Å². The highest BCUT2D eigenvalue weighted by atomic mass is 16.5. The first-order valence-corrected chi connectivity index (χ1v) is 5.86. The summed E-state index contributed by atoms with van der Waals surface area (Å²) >= 11 is 0. The van der Waals surface area contributed by atoms with Gasteiger partial charge in [0, 0.05) is 13.5 Å². The molecule has 0 radical (unpaired) electrons. The molecule has 3 nitrogen and oxygen atoms in total. The summed E-state index contributed by atoms with van der Waals surface area (Å²) in [6.45, 7) is 0. The van der Waals surface area contributed by atoms with Gasteiger partial charge in [-0.2, -0.15) is 0 Å². The molecule has 0 bridgehead atoms. The summed E-state index contributed by atoms with van der Waals surface area (Å²) in [7, 11) is 1.65. The second-order valence-corrected chi connectivity index (χ2v) is 4.49. The van der Waals surface area contributed by atoms with Crippen LogP contribution in [0.15, 0.2) is 23.0 Å². The second-order valence-electron chi connectivity index (χ2n) is 4.49. The standard InChI is InChI=1S/C13H18O3/c1-15-13(6-3-2-4-7-13)12(14)9-11-5-8-16-10-11/h5,8,10H,2-4,6-7,9H2,1H3. The Kier molecular flexibility index (Phi) is 3.44. The molecule has 3 heteroatoms. The Hall–Kier alpha value is -1.09. The lowest BCUT2D eigenvalue weighted by atomic mass is 9.80. The third-order valence-corrected chi connectivity index (χ3v) is 3.50. The molecule has 0 aromatic carbocycles. The van der Waals surface area contributed by atoms with E-state index in [1.807, 2.05) is 6.07 Å². The van der Waals surface area contributed by atoms with E-state index < -0.39 is 5.60 Å². The molecule has 1 fully saturated rings. The highest BCUT2D eigenvalue weighted by Gasteiger charge is 2.38. The largest absolute Gasteiger partial charge is 0.472 e. The van der Waals surface area contributed by atoms with Crippen molar-refractivity contribution in [3.8, 4) is 0 Å². The van der Waals surface area contributed by atoms with Gasteiger partial charge in [-0.25, -0.2) is 0 Å². The van der Waals surface area contributed by atoms with Gasteiger partial charge in [-0.05, 0) is 24.5 Å². The fourth-order valence-electron chi connectivity index (χ4n) is 2.46. The Labute approximate surface area is 95.8 Å². The average molecular weight is 222 g/mol. The van der Waals surface area contributed by atoms with Gasteiger partial charge in [0.1, 0.15) is 5.60 Å². The number of methoxy groups -OCH3 is 1. The monoisotopic (exact) mass is 222 g/mol. The van der Waals surface area contributed by atoms with E-state index in [1.165, 1.54) is 6.42 Å². The highest BCUT2D eigenvalue weighted by molar-refractivity contribution is 5.89. The van der Waals surface area contributed by atoms with Crippen LogP contribution in [-0.4, -0.2) is 18.5 Å². The maximum atomic E-state index is 12.3. The van der Waals surface area contributed by atoms with Crippen LogP contribution in [-0.2, 0) is 16.0 Å². The molecular formula is C13H18O3. The van der Waals surface area contributed by atoms with Crippen molar-refractivity contribution >= 4 is 5.78 Å². The molecule has 1 aromatic heterocycles. The van der Waals surface area contributed by atoms with Gasteiger partial charge in [0.15, 0.2) is 5.78 Å². The Morgan fingerprint density at radius 3 is 2.75 bits per heavy atom. The molecule has 1 heterocycles. The van der Waals surface area contributed by atoms with Gasteiger partial charge in [0.25, 0.3) is 0 Å². The smallest absolute Gasteiger partial charge is 0.169 e. The van der Waals surface area contributed by atoms with Crippen LogP contribution in [0.2, 0.25) is 0 Å². The predicted octanol–water partition coefficient (Wildman–Crippen LogP) is 2.74. The summed E-state index contributed by atoms with van der Waals surface area (Å²) in [6, 6.07) is 1.84. The molecule has 2 rings (SSSR count). The number of hydrogen-bond donors (Lipinski definition) is 0. The van der Waals surface area contributed by atoms with E-state index in [2.05, 4.69) is 0 Å². The molecule has 0 spiro atoms. The van der Waals surface area contributed by atoms with E-state index in [0.29, 0.717) is 6.42 Å². The van der Waals surface area contributed by atoms with E-state index in [0.717, 1.165) is 31.2 Å². The SMILES string of the molecule is COC1(C(=O)Cc2ccoc2)CCCCC1. The van der Waals surface area contributed by atoms with E-state index in [-0.39, 0.29) is 5.78 Å². The Balaban J connectivity index is 2.06. The van der Waals surface area contributed by atoms with E-state index in [4.69, 9.17) is 9.15 Å². The van der Waals surface area contributed by atoms with E-state index >= 15 is 0 Å². The van der Waals surface area contributed by atoms with Crippen molar-refractivity contribution in [2.24, 2.45) is 0 Å². The van der Waals surface area contributed by atoms with Gasteiger partial charge in [-0.15, -0.1) is 0 Å². The van der Waals surface area contributed by atoms with Crippen LogP contribution >= 0.6 is 0 Å². The zero-order valence-electron chi connectivity index (χ0n) is 9.70. The van der Waals surface area contributed by atoms with E-state index in [1.54, 1.807) is 19.6 Å². The third kappa shape index (κ3) is 2.19. The van der Waals surface area contributed by atoms with Crippen molar-refractivity contribution in [2.45, 2.75) is 44.1 Å². The number of rotatable bonds is 4. The van der Waals surface area contributed by atoms with Crippen LogP contribution in [0.5, 0.6) is 0 Å². The summed E-state index contributed by atoms with van der Waals surface area (Å²) in [4.78, 5) is 12.3. The molecule has 1 saturated carbocycles. The summed E-state index contributed by atoms with van der Waals surface area (Å²) in [5.41, 5.74) is 0.405. The summed E-state index contributed by atoms with van der Waals surface area (Å²) in [5, 5.41) is 0. The Morgan fingerprint density at radius 2 is 2.19 bits per heavy atom. The number of furan rings is 1. The first-order valence-electron chi connectivity index (χ1n) is 5.86. The number of carbonyl (C=O) groups excluding carboxylic acids is 1. The Morgan fingerprint density at radius 1 is 1.44 bits per heavy atom. The molecule has 0 saturated heterocycles. The molecule has 1 aromatic rings. The average Bonchev–Trinajstić information content (AvgIpc) is 2.82. The zero-order valence-corrected chi connectivity index (χ0v) is 9.70. The van der Waals surface area contributed by atoms with Crippen molar-refractivity contribution in [1.29, 1.82) is 0 Å². The molecule has 0 aliphatic heterocycles. The van der Waals surface area contributed by atoms with Crippen molar-refractivity contribution in [3.05, 3.63) is 24.2 Å². The molecule has 1 aliphatic carbocycles. The minimum absolute atomic E-state index is 0.191. The van der Waals surface area contributed by atoms with Gasteiger partial charge in [-0.3, -0.25) is 4.79 Å². The van der Waals surface area contributed by atoms with Crippen LogP contribution in [0, 0.1) is 0 Å². The maximum Gasteiger partial charge on any atom is 0.169 e. The fraction of sp³-hybridized carbons (Fsp3) is 0.615. The maximum absolute atomic E-state index is 12.3. The lowest BCUT2D eigenvalue weighted by Gasteiger charge is -2.34. The van der Waals surface area contributed by atoms with Crippen LogP contribution < -0.4 is 0 Å². The van der Waals surface area contributed by atoms with Crippen molar-refractivity contribution in [1.82, 2.24) is 0 Å². The van der Waals surface area contributed by atoms with Crippen LogP contribution in [0.4, 0.5) is 0 Å². The number of hydrogen-bond acceptors (Lipinski definition) is 3. The van der Waals surface area contributed by atoms with Gasteiger partial charge >= 0.3 is 0 Å². The van der Waals surface area contributed by atoms with Crippen LogP contribution in [0.3, 0.4) is 0 Å². The van der Waals surface area contributed by atoms with Crippen molar-refractivity contribution in [2.75, 3.05) is 7.11 Å². The van der Waals surface area contributed by atoms with Crippen LogP contribution in [0.25, 0.3) is 0 Å². The minimum atomic E-state index is -0.532. The molecule has 0 amide bonds. The highest BCUT2D eigenvalue weighted by Crippen LogP contribution is 2.32. The molecule has 0 N–H and O–H groups in total. The third-order valence-electron chi connectivity index (χ3n) is 3.50. The summed E-state index contributed by atoms with van der Waals surface area (Å²) < 4.78 is 10.5. The van der Waals surface area contributed by atoms with Crippen LogP contribution in [0.1, 0.15) is 37.7 Å². The summed E-state index contributed by atoms with van der Waals surface area (Å²) in [5.74, 6) is 0.191. The lowest BCUT2D eigenvalue weighted by Crippen LogP contribution is -2.43. The molecule has 1 aliphatic rings. The minimum Gasteiger partial charge on any atom is -0.472 e. The first-order chi connectivity index (χ1) is 7.77. The quantitative estimate of drug-likeness (QED) is 0.786. The molecule has 88 valence electrons.